The summed E-state index contributed by atoms with van der Waals surface area (Å²) in [5.74, 6) is 2.48. The van der Waals surface area contributed by atoms with Crippen molar-refractivity contribution in [3.63, 3.8) is 0 Å². The van der Waals surface area contributed by atoms with Gasteiger partial charge < -0.3 is 14.2 Å². The molecule has 1 saturated heterocycles. The second kappa shape index (κ2) is 7.82. The van der Waals surface area contributed by atoms with Crippen LogP contribution in [-0.2, 0) is 4.74 Å². The van der Waals surface area contributed by atoms with E-state index in [1.54, 1.807) is 23.1 Å². The fourth-order valence-electron chi connectivity index (χ4n) is 3.35. The molecular formula is C19H20N4O3S2. The fourth-order valence-corrected chi connectivity index (χ4v) is 5.26. The van der Waals surface area contributed by atoms with Crippen LogP contribution in [0.15, 0.2) is 23.2 Å². The zero-order chi connectivity index (χ0) is 18.9. The number of nitrogens with zero attached hydrogens (tertiary/aromatic N) is 4. The minimum Gasteiger partial charge on any atom is -0.454 e. The van der Waals surface area contributed by atoms with Gasteiger partial charge in [-0.05, 0) is 25.1 Å². The van der Waals surface area contributed by atoms with Crippen LogP contribution in [0.4, 0.5) is 0 Å². The Morgan fingerprint density at radius 1 is 1.14 bits per heavy atom. The molecule has 0 amide bonds. The molecule has 3 aromatic rings. The third kappa shape index (κ3) is 3.55. The van der Waals surface area contributed by atoms with Crippen molar-refractivity contribution in [2.45, 2.75) is 11.9 Å². The molecule has 5 rings (SSSR count). The van der Waals surface area contributed by atoms with Gasteiger partial charge in [0.25, 0.3) is 0 Å². The predicted molar refractivity (Wildman–Crippen MR) is 109 cm³/mol. The van der Waals surface area contributed by atoms with Gasteiger partial charge in [0.05, 0.1) is 22.9 Å². The molecule has 4 heterocycles. The van der Waals surface area contributed by atoms with E-state index in [1.807, 2.05) is 25.1 Å². The lowest BCUT2D eigenvalue weighted by Gasteiger charge is -2.26. The van der Waals surface area contributed by atoms with Crippen molar-refractivity contribution >= 4 is 33.3 Å². The van der Waals surface area contributed by atoms with E-state index in [0.717, 1.165) is 81.6 Å². The Labute approximate surface area is 171 Å². The highest BCUT2D eigenvalue weighted by Gasteiger charge is 2.19. The summed E-state index contributed by atoms with van der Waals surface area (Å²) in [6.45, 7) is 6.95. The number of aromatic nitrogens is 3. The molecule has 0 radical (unpaired) electrons. The van der Waals surface area contributed by atoms with Crippen molar-refractivity contribution in [2.75, 3.05) is 45.4 Å². The van der Waals surface area contributed by atoms with Crippen molar-refractivity contribution in [3.8, 4) is 22.8 Å². The second-order valence-electron chi connectivity index (χ2n) is 6.63. The number of benzene rings is 1. The van der Waals surface area contributed by atoms with Gasteiger partial charge >= 0.3 is 0 Å². The minimum absolute atomic E-state index is 0.262. The van der Waals surface area contributed by atoms with E-state index in [9.17, 15) is 0 Å². The molecule has 0 unspecified atom stereocenters. The number of thiazole rings is 1. The summed E-state index contributed by atoms with van der Waals surface area (Å²) in [7, 11) is 0. The van der Waals surface area contributed by atoms with Crippen LogP contribution < -0.4 is 9.47 Å². The normalized spacial score (nSPS) is 16.8. The largest absolute Gasteiger partial charge is 0.454 e. The molecule has 1 fully saturated rings. The Bertz CT molecular complexity index is 1000. The molecule has 0 spiro atoms. The van der Waals surface area contributed by atoms with Crippen LogP contribution in [-0.4, -0.2) is 65.5 Å². The SMILES string of the molecule is Cc1nc2c(SCCN3CCOCC3)nnc(-c3ccc4c(c3)OCO4)c2s1. The highest BCUT2D eigenvalue weighted by atomic mass is 32.2. The summed E-state index contributed by atoms with van der Waals surface area (Å²) in [6, 6.07) is 5.88. The van der Waals surface area contributed by atoms with Crippen molar-refractivity contribution in [1.82, 2.24) is 20.1 Å². The molecule has 0 bridgehead atoms. The molecule has 146 valence electrons. The third-order valence-corrected chi connectivity index (χ3v) is 6.70. The van der Waals surface area contributed by atoms with E-state index in [0.29, 0.717) is 0 Å². The molecule has 7 nitrogen and oxygen atoms in total. The van der Waals surface area contributed by atoms with Crippen LogP contribution in [0.3, 0.4) is 0 Å². The van der Waals surface area contributed by atoms with Crippen molar-refractivity contribution < 1.29 is 14.2 Å². The molecule has 2 aliphatic heterocycles. The lowest BCUT2D eigenvalue weighted by Crippen LogP contribution is -2.37. The van der Waals surface area contributed by atoms with Crippen molar-refractivity contribution in [1.29, 1.82) is 0 Å². The number of fused-ring (bicyclic) bond motifs is 2. The van der Waals surface area contributed by atoms with E-state index < -0.39 is 0 Å². The molecule has 0 saturated carbocycles. The Balaban J connectivity index is 1.40. The van der Waals surface area contributed by atoms with Gasteiger partial charge in [0, 0.05) is 31.0 Å². The molecule has 9 heteroatoms. The summed E-state index contributed by atoms with van der Waals surface area (Å²) in [4.78, 5) is 7.17. The lowest BCUT2D eigenvalue weighted by molar-refractivity contribution is 0.0410. The molecule has 0 atom stereocenters. The zero-order valence-corrected chi connectivity index (χ0v) is 17.1. The summed E-state index contributed by atoms with van der Waals surface area (Å²) in [5, 5.41) is 11.0. The Hall–Kier alpha value is -1.94. The van der Waals surface area contributed by atoms with E-state index in [2.05, 4.69) is 15.1 Å². The molecule has 0 N–H and O–H groups in total. The van der Waals surface area contributed by atoms with Gasteiger partial charge in [-0.25, -0.2) is 4.98 Å². The first-order valence-electron chi connectivity index (χ1n) is 9.25. The van der Waals surface area contributed by atoms with Gasteiger partial charge in [-0.2, -0.15) is 0 Å². The van der Waals surface area contributed by atoms with Gasteiger partial charge in [-0.1, -0.05) is 0 Å². The van der Waals surface area contributed by atoms with Crippen LogP contribution in [0.2, 0.25) is 0 Å². The first-order valence-corrected chi connectivity index (χ1v) is 11.0. The quantitative estimate of drug-likeness (QED) is 0.587. The van der Waals surface area contributed by atoms with Crippen LogP contribution in [0, 0.1) is 6.92 Å². The number of hydrogen-bond acceptors (Lipinski definition) is 9. The van der Waals surface area contributed by atoms with E-state index >= 15 is 0 Å². The Kier molecular flexibility index (Phi) is 5.06. The molecule has 28 heavy (non-hydrogen) atoms. The van der Waals surface area contributed by atoms with E-state index in [4.69, 9.17) is 19.2 Å². The Morgan fingerprint density at radius 2 is 2.00 bits per heavy atom. The lowest BCUT2D eigenvalue weighted by atomic mass is 10.1. The number of hydrogen-bond donors (Lipinski definition) is 0. The summed E-state index contributed by atoms with van der Waals surface area (Å²) >= 11 is 3.38. The maximum Gasteiger partial charge on any atom is 0.231 e. The monoisotopic (exact) mass is 416 g/mol. The fraction of sp³-hybridized carbons (Fsp3) is 0.421. The molecule has 2 aliphatic rings. The number of aryl methyl sites for hydroxylation is 1. The molecule has 2 aromatic heterocycles. The van der Waals surface area contributed by atoms with E-state index in [-0.39, 0.29) is 6.79 Å². The predicted octanol–water partition coefficient (Wildman–Crippen LogP) is 3.21. The summed E-state index contributed by atoms with van der Waals surface area (Å²) in [6.07, 6.45) is 0. The van der Waals surface area contributed by atoms with Gasteiger partial charge in [-0.3, -0.25) is 4.90 Å². The standard InChI is InChI=1S/C19H20N4O3S2/c1-12-20-17-18(28-12)16(13-2-3-14-15(10-13)26-11-25-14)21-22-19(17)27-9-6-23-4-7-24-8-5-23/h2-3,10H,4-9,11H2,1H3. The second-order valence-corrected chi connectivity index (χ2v) is 8.92. The highest BCUT2D eigenvalue weighted by molar-refractivity contribution is 7.99. The molecular weight excluding hydrogens is 396 g/mol. The van der Waals surface area contributed by atoms with E-state index in [1.165, 1.54) is 0 Å². The molecule has 1 aromatic carbocycles. The van der Waals surface area contributed by atoms with Crippen molar-refractivity contribution in [2.24, 2.45) is 0 Å². The topological polar surface area (TPSA) is 69.6 Å². The number of morpholine rings is 1. The molecule has 0 aliphatic carbocycles. The third-order valence-electron chi connectivity index (χ3n) is 4.79. The maximum absolute atomic E-state index is 5.51. The van der Waals surface area contributed by atoms with Crippen LogP contribution in [0.1, 0.15) is 5.01 Å². The summed E-state index contributed by atoms with van der Waals surface area (Å²) in [5.41, 5.74) is 2.75. The zero-order valence-electron chi connectivity index (χ0n) is 15.5. The first-order chi connectivity index (χ1) is 13.8. The smallest absolute Gasteiger partial charge is 0.231 e. The average molecular weight is 417 g/mol. The van der Waals surface area contributed by atoms with Crippen LogP contribution in [0.5, 0.6) is 11.5 Å². The maximum atomic E-state index is 5.51. The van der Waals surface area contributed by atoms with Crippen molar-refractivity contribution in [3.05, 3.63) is 23.2 Å². The minimum atomic E-state index is 0.262. The highest BCUT2D eigenvalue weighted by Crippen LogP contribution is 2.39. The number of thioether (sulfide) groups is 1. The van der Waals surface area contributed by atoms with Gasteiger partial charge in [0.15, 0.2) is 11.5 Å². The first kappa shape index (κ1) is 18.1. The van der Waals surface area contributed by atoms with Crippen LogP contribution in [0.25, 0.3) is 21.5 Å². The number of ether oxygens (including phenoxy) is 3. The van der Waals surface area contributed by atoms with Gasteiger partial charge in [0.1, 0.15) is 16.2 Å². The average Bonchev–Trinajstić information content (AvgIpc) is 3.34. The van der Waals surface area contributed by atoms with Gasteiger partial charge in [0.2, 0.25) is 6.79 Å². The number of rotatable bonds is 5. The van der Waals surface area contributed by atoms with Gasteiger partial charge in [-0.15, -0.1) is 33.3 Å². The summed E-state index contributed by atoms with van der Waals surface area (Å²) < 4.78 is 17.4. The van der Waals surface area contributed by atoms with Crippen LogP contribution >= 0.6 is 23.1 Å². The Morgan fingerprint density at radius 3 is 2.89 bits per heavy atom.